The highest BCUT2D eigenvalue weighted by Crippen LogP contribution is 2.39. The summed E-state index contributed by atoms with van der Waals surface area (Å²) in [7, 11) is 1.79. The van der Waals surface area contributed by atoms with Gasteiger partial charge in [0.1, 0.15) is 0 Å². The summed E-state index contributed by atoms with van der Waals surface area (Å²) in [5.74, 6) is 0.627. The van der Waals surface area contributed by atoms with E-state index in [1.54, 1.807) is 30.1 Å². The van der Waals surface area contributed by atoms with E-state index in [1.807, 2.05) is 12.1 Å². The quantitative estimate of drug-likeness (QED) is 0.474. The van der Waals surface area contributed by atoms with Gasteiger partial charge in [-0.1, -0.05) is 0 Å². The molecule has 0 unspecified atom stereocenters. The molecule has 0 radical (unpaired) electrons. The van der Waals surface area contributed by atoms with E-state index in [0.29, 0.717) is 24.6 Å². The monoisotopic (exact) mass is 412 g/mol. The predicted molar refractivity (Wildman–Crippen MR) is 119 cm³/mol. The van der Waals surface area contributed by atoms with Crippen molar-refractivity contribution in [2.45, 2.75) is 49.6 Å². The molecular formula is C21H28N6OS. The Labute approximate surface area is 176 Å². The minimum Gasteiger partial charge on any atom is -0.394 e. The number of carbonyl (C=O) groups excluding carboxylic acids is 1. The largest absolute Gasteiger partial charge is 0.394 e. The van der Waals surface area contributed by atoms with E-state index >= 15 is 0 Å². The van der Waals surface area contributed by atoms with Gasteiger partial charge in [0.05, 0.1) is 17.8 Å². The molecule has 1 aromatic rings. The molecule has 4 rings (SSSR count). The number of nitrogens with zero attached hydrogens (tertiary/aromatic N) is 3. The van der Waals surface area contributed by atoms with E-state index in [-0.39, 0.29) is 17.5 Å². The van der Waals surface area contributed by atoms with Gasteiger partial charge in [-0.2, -0.15) is 0 Å². The summed E-state index contributed by atoms with van der Waals surface area (Å²) in [6.45, 7) is 5.42. The average molecular weight is 413 g/mol. The van der Waals surface area contributed by atoms with Gasteiger partial charge in [0.25, 0.3) is 5.91 Å². The van der Waals surface area contributed by atoms with Crippen molar-refractivity contribution in [3.8, 4) is 0 Å². The highest BCUT2D eigenvalue weighted by molar-refractivity contribution is 7.97. The molecule has 1 aromatic carbocycles. The first-order chi connectivity index (χ1) is 14.0. The third-order valence-corrected chi connectivity index (χ3v) is 6.76. The Kier molecular flexibility index (Phi) is 5.40. The number of benzene rings is 1. The van der Waals surface area contributed by atoms with Crippen LogP contribution in [-0.2, 0) is 0 Å². The molecule has 29 heavy (non-hydrogen) atoms. The van der Waals surface area contributed by atoms with Crippen LogP contribution in [0.2, 0.25) is 0 Å². The van der Waals surface area contributed by atoms with Crippen LogP contribution in [0.1, 0.15) is 43.5 Å². The second kappa shape index (κ2) is 7.84. The lowest BCUT2D eigenvalue weighted by Gasteiger charge is -2.44. The number of hydrogen-bond acceptors (Lipinski definition) is 7. The van der Waals surface area contributed by atoms with Gasteiger partial charge in [-0.3, -0.25) is 19.4 Å². The van der Waals surface area contributed by atoms with Crippen molar-refractivity contribution >= 4 is 35.7 Å². The molecule has 2 heterocycles. The Morgan fingerprint density at radius 2 is 2.24 bits per heavy atom. The van der Waals surface area contributed by atoms with Gasteiger partial charge in [-0.15, -0.1) is 0 Å². The summed E-state index contributed by atoms with van der Waals surface area (Å²) in [5, 5.41) is 10.6. The van der Waals surface area contributed by atoms with Crippen LogP contribution in [0.5, 0.6) is 0 Å². The van der Waals surface area contributed by atoms with E-state index in [2.05, 4.69) is 39.8 Å². The maximum absolute atomic E-state index is 13.5. The van der Waals surface area contributed by atoms with Crippen LogP contribution >= 0.6 is 11.9 Å². The maximum atomic E-state index is 13.5. The summed E-state index contributed by atoms with van der Waals surface area (Å²) in [4.78, 5) is 23.1. The number of anilines is 1. The molecule has 0 bridgehead atoms. The third-order valence-electron chi connectivity index (χ3n) is 5.67. The van der Waals surface area contributed by atoms with Crippen LogP contribution in [0.15, 0.2) is 39.9 Å². The SMILES string of the molecule is CN/C=C(\C=N)CN1C(=O)c2cc(SNC3(C)CC3)ccc2N2C1=NCC[C@@H]2C. The lowest BCUT2D eigenvalue weighted by atomic mass is 10.0. The fourth-order valence-electron chi connectivity index (χ4n) is 3.63. The summed E-state index contributed by atoms with van der Waals surface area (Å²) < 4.78 is 3.51. The highest BCUT2D eigenvalue weighted by Gasteiger charge is 2.40. The Balaban J connectivity index is 1.69. The van der Waals surface area contributed by atoms with E-state index in [9.17, 15) is 4.79 Å². The van der Waals surface area contributed by atoms with E-state index in [1.165, 1.54) is 19.1 Å². The second-order valence-electron chi connectivity index (χ2n) is 8.18. The molecule has 8 heteroatoms. The summed E-state index contributed by atoms with van der Waals surface area (Å²) in [5.41, 5.74) is 2.56. The number of carbonyl (C=O) groups is 1. The molecule has 3 N–H and O–H groups in total. The second-order valence-corrected chi connectivity index (χ2v) is 9.06. The number of aliphatic imine (C=N–C) groups is 1. The van der Waals surface area contributed by atoms with Gasteiger partial charge in [-0.05, 0) is 63.3 Å². The number of hydrogen-bond donors (Lipinski definition) is 3. The van der Waals surface area contributed by atoms with Crippen molar-refractivity contribution in [3.63, 3.8) is 0 Å². The van der Waals surface area contributed by atoms with Crippen molar-refractivity contribution in [3.05, 3.63) is 35.5 Å². The standard InChI is InChI=1S/C21H28N6OS/c1-14-6-9-24-20-26(13-15(11-22)12-23-3)19(28)17-10-16(4-5-18(17)27(14)20)29-25-21(2)7-8-21/h4-5,10-12,14,22-23,25H,6-9,13H2,1-3H3/b15-12+,22-11?/t14-/m0/s1. The van der Waals surface area contributed by atoms with Gasteiger partial charge in [-0.25, -0.2) is 0 Å². The van der Waals surface area contributed by atoms with Crippen LogP contribution in [-0.4, -0.2) is 54.7 Å². The van der Waals surface area contributed by atoms with Gasteiger partial charge < -0.3 is 15.6 Å². The van der Waals surface area contributed by atoms with Gasteiger partial charge in [0.15, 0.2) is 0 Å². The Hall–Kier alpha value is -2.32. The fourth-order valence-corrected chi connectivity index (χ4v) is 4.51. The number of rotatable bonds is 7. The topological polar surface area (TPSA) is 83.8 Å². The maximum Gasteiger partial charge on any atom is 0.263 e. The molecule has 1 atom stereocenters. The molecule has 1 saturated carbocycles. The zero-order chi connectivity index (χ0) is 20.6. The average Bonchev–Trinajstić information content (AvgIpc) is 3.46. The smallest absolute Gasteiger partial charge is 0.263 e. The van der Waals surface area contributed by atoms with Gasteiger partial charge in [0, 0.05) is 48.1 Å². The van der Waals surface area contributed by atoms with Crippen molar-refractivity contribution in [2.24, 2.45) is 4.99 Å². The number of fused-ring (bicyclic) bond motifs is 3. The number of amides is 1. The molecule has 3 aliphatic rings. The highest BCUT2D eigenvalue weighted by atomic mass is 32.2. The molecule has 1 fully saturated rings. The van der Waals surface area contributed by atoms with Crippen LogP contribution in [0.3, 0.4) is 0 Å². The lowest BCUT2D eigenvalue weighted by molar-refractivity contribution is 0.0847. The van der Waals surface area contributed by atoms with Crippen LogP contribution in [0.4, 0.5) is 5.69 Å². The zero-order valence-electron chi connectivity index (χ0n) is 17.2. The van der Waals surface area contributed by atoms with E-state index in [0.717, 1.165) is 22.6 Å². The van der Waals surface area contributed by atoms with Crippen molar-refractivity contribution < 1.29 is 4.79 Å². The first kappa shape index (κ1) is 20.0. The third kappa shape index (κ3) is 3.91. The predicted octanol–water partition coefficient (Wildman–Crippen LogP) is 3.00. The molecule has 154 valence electrons. The molecule has 0 aromatic heterocycles. The Bertz CT molecular complexity index is 891. The molecule has 1 aliphatic carbocycles. The van der Waals surface area contributed by atoms with Crippen LogP contribution in [0, 0.1) is 5.41 Å². The Morgan fingerprint density at radius 1 is 1.45 bits per heavy atom. The minimum atomic E-state index is -0.0620. The number of guanidine groups is 1. The normalized spacial score (nSPS) is 22.6. The van der Waals surface area contributed by atoms with E-state index < -0.39 is 0 Å². The van der Waals surface area contributed by atoms with Crippen LogP contribution < -0.4 is 14.9 Å². The van der Waals surface area contributed by atoms with Crippen molar-refractivity contribution in [1.82, 2.24) is 14.9 Å². The number of nitrogens with one attached hydrogen (secondary N) is 3. The van der Waals surface area contributed by atoms with Gasteiger partial charge in [0.2, 0.25) is 5.96 Å². The molecule has 7 nitrogen and oxygen atoms in total. The van der Waals surface area contributed by atoms with E-state index in [4.69, 9.17) is 5.41 Å². The first-order valence-electron chi connectivity index (χ1n) is 10.1. The van der Waals surface area contributed by atoms with Gasteiger partial charge >= 0.3 is 0 Å². The van der Waals surface area contributed by atoms with Crippen LogP contribution in [0.25, 0.3) is 0 Å². The fraction of sp³-hybridized carbons (Fsp3) is 0.476. The summed E-state index contributed by atoms with van der Waals surface area (Å²) in [6.07, 6.45) is 6.35. The van der Waals surface area contributed by atoms with Crippen molar-refractivity contribution in [1.29, 1.82) is 5.41 Å². The summed E-state index contributed by atoms with van der Waals surface area (Å²) >= 11 is 1.60. The Morgan fingerprint density at radius 3 is 2.93 bits per heavy atom. The minimum absolute atomic E-state index is 0.0620. The molecule has 2 aliphatic heterocycles. The zero-order valence-corrected chi connectivity index (χ0v) is 18.0. The van der Waals surface area contributed by atoms with Crippen molar-refractivity contribution in [2.75, 3.05) is 25.0 Å². The first-order valence-corrected chi connectivity index (χ1v) is 10.9. The lowest BCUT2D eigenvalue weighted by Crippen LogP contribution is -2.57. The molecular weight excluding hydrogens is 384 g/mol. The molecule has 0 spiro atoms. The molecule has 0 saturated heterocycles. The summed E-state index contributed by atoms with van der Waals surface area (Å²) in [6, 6.07) is 6.37. The molecule has 1 amide bonds.